The van der Waals surface area contributed by atoms with Gasteiger partial charge in [-0.15, -0.1) is 0 Å². The molecule has 0 unspecified atom stereocenters. The maximum atomic E-state index is 9.92. The molecule has 94 valence electrons. The lowest BCUT2D eigenvalue weighted by Crippen LogP contribution is -1.89. The van der Waals surface area contributed by atoms with E-state index in [0.717, 1.165) is 5.56 Å². The lowest BCUT2D eigenvalue weighted by molar-refractivity contribution is 0.407. The fraction of sp³-hybridized carbons (Fsp3) is 0.143. The second kappa shape index (κ2) is 5.09. The molecule has 18 heavy (non-hydrogen) atoms. The molecule has 4 heteroatoms. The molecule has 0 heterocycles. The largest absolute Gasteiger partial charge is 0.504 e. The van der Waals surface area contributed by atoms with E-state index in [1.807, 2.05) is 6.92 Å². The van der Waals surface area contributed by atoms with Crippen LogP contribution in [0.25, 0.3) is 0 Å². The van der Waals surface area contributed by atoms with Crippen LogP contribution in [0.2, 0.25) is 10.0 Å². The maximum Gasteiger partial charge on any atom is 0.170 e. The number of phenolic OH excluding ortho intramolecular Hbond substituents is 1. The fourth-order valence-corrected chi connectivity index (χ4v) is 2.12. The molecule has 0 saturated heterocycles. The van der Waals surface area contributed by atoms with E-state index >= 15 is 0 Å². The molecule has 0 amide bonds. The molecule has 0 aliphatic heterocycles. The highest BCUT2D eigenvalue weighted by atomic mass is 35.5. The van der Waals surface area contributed by atoms with Gasteiger partial charge < -0.3 is 9.84 Å². The molecule has 0 spiro atoms. The van der Waals surface area contributed by atoms with Crippen LogP contribution in [0.5, 0.6) is 17.2 Å². The smallest absolute Gasteiger partial charge is 0.170 e. The molecule has 0 saturated carbocycles. The number of hydrogen-bond donors (Lipinski definition) is 1. The van der Waals surface area contributed by atoms with Crippen molar-refractivity contribution in [2.75, 3.05) is 0 Å². The number of benzene rings is 2. The first-order valence-electron chi connectivity index (χ1n) is 5.40. The van der Waals surface area contributed by atoms with E-state index in [4.69, 9.17) is 27.9 Å². The van der Waals surface area contributed by atoms with E-state index in [-0.39, 0.29) is 5.75 Å². The summed E-state index contributed by atoms with van der Waals surface area (Å²) in [6.45, 7) is 3.65. The summed E-state index contributed by atoms with van der Waals surface area (Å²) in [4.78, 5) is 0. The summed E-state index contributed by atoms with van der Waals surface area (Å²) in [7, 11) is 0. The molecule has 0 aliphatic carbocycles. The lowest BCUT2D eigenvalue weighted by atomic mass is 10.2. The molecule has 2 aromatic rings. The monoisotopic (exact) mass is 282 g/mol. The summed E-state index contributed by atoms with van der Waals surface area (Å²) in [5, 5.41) is 11.1. The Balaban J connectivity index is 2.40. The second-order valence-electron chi connectivity index (χ2n) is 4.08. The normalized spacial score (nSPS) is 10.4. The zero-order valence-corrected chi connectivity index (χ0v) is 11.5. The van der Waals surface area contributed by atoms with Crippen LogP contribution in [-0.2, 0) is 0 Å². The zero-order valence-electron chi connectivity index (χ0n) is 10.00. The number of rotatable bonds is 2. The Morgan fingerprint density at radius 3 is 2.22 bits per heavy atom. The highest BCUT2D eigenvalue weighted by molar-refractivity contribution is 6.31. The van der Waals surface area contributed by atoms with Gasteiger partial charge in [-0.05, 0) is 49.2 Å². The minimum atomic E-state index is 0.0914. The standard InChI is InChI=1S/C14H12Cl2O2/c1-8-5-10(15)3-4-12(8)18-13-7-11(16)6-9(2)14(13)17/h3-7,17H,1-2H3. The molecule has 0 aromatic heterocycles. The van der Waals surface area contributed by atoms with Gasteiger partial charge in [-0.1, -0.05) is 23.2 Å². The number of ether oxygens (including phenoxy) is 1. The van der Waals surface area contributed by atoms with Gasteiger partial charge in [0.25, 0.3) is 0 Å². The Bertz CT molecular complexity index is 595. The number of phenols is 1. The van der Waals surface area contributed by atoms with Crippen molar-refractivity contribution >= 4 is 23.2 Å². The summed E-state index contributed by atoms with van der Waals surface area (Å²) >= 11 is 11.8. The van der Waals surface area contributed by atoms with E-state index in [1.54, 1.807) is 37.3 Å². The van der Waals surface area contributed by atoms with Gasteiger partial charge in [0.15, 0.2) is 11.5 Å². The molecule has 0 aliphatic rings. The van der Waals surface area contributed by atoms with Crippen molar-refractivity contribution in [3.05, 3.63) is 51.5 Å². The summed E-state index contributed by atoms with van der Waals surface area (Å²) in [6, 6.07) is 8.55. The molecular weight excluding hydrogens is 271 g/mol. The van der Waals surface area contributed by atoms with Gasteiger partial charge in [-0.3, -0.25) is 0 Å². The molecule has 2 rings (SSSR count). The molecule has 0 atom stereocenters. The molecule has 1 N–H and O–H groups in total. The Labute approximate surface area is 116 Å². The minimum Gasteiger partial charge on any atom is -0.504 e. The van der Waals surface area contributed by atoms with Gasteiger partial charge in [0.1, 0.15) is 5.75 Å². The van der Waals surface area contributed by atoms with Crippen LogP contribution in [0, 0.1) is 13.8 Å². The van der Waals surface area contributed by atoms with Crippen LogP contribution in [0.4, 0.5) is 0 Å². The summed E-state index contributed by atoms with van der Waals surface area (Å²) in [5.74, 6) is 1.07. The molecular formula is C14H12Cl2O2. The Kier molecular flexibility index (Phi) is 3.69. The topological polar surface area (TPSA) is 29.5 Å². The van der Waals surface area contributed by atoms with Crippen molar-refractivity contribution in [2.45, 2.75) is 13.8 Å². The van der Waals surface area contributed by atoms with Crippen molar-refractivity contribution in [2.24, 2.45) is 0 Å². The number of aryl methyl sites for hydroxylation is 2. The van der Waals surface area contributed by atoms with E-state index < -0.39 is 0 Å². The van der Waals surface area contributed by atoms with Crippen molar-refractivity contribution in [3.63, 3.8) is 0 Å². The van der Waals surface area contributed by atoms with Crippen LogP contribution in [0.15, 0.2) is 30.3 Å². The van der Waals surface area contributed by atoms with Gasteiger partial charge in [-0.2, -0.15) is 0 Å². The van der Waals surface area contributed by atoms with E-state index in [2.05, 4.69) is 0 Å². The first-order valence-corrected chi connectivity index (χ1v) is 6.16. The lowest BCUT2D eigenvalue weighted by Gasteiger charge is -2.12. The highest BCUT2D eigenvalue weighted by Crippen LogP contribution is 2.37. The van der Waals surface area contributed by atoms with Crippen LogP contribution < -0.4 is 4.74 Å². The quantitative estimate of drug-likeness (QED) is 0.830. The third kappa shape index (κ3) is 2.71. The van der Waals surface area contributed by atoms with E-state index in [0.29, 0.717) is 27.1 Å². The summed E-state index contributed by atoms with van der Waals surface area (Å²) < 4.78 is 5.66. The molecule has 2 nitrogen and oxygen atoms in total. The molecule has 0 fully saturated rings. The zero-order chi connectivity index (χ0) is 13.3. The first-order chi connectivity index (χ1) is 8.47. The summed E-state index contributed by atoms with van der Waals surface area (Å²) in [6.07, 6.45) is 0. The average molecular weight is 283 g/mol. The van der Waals surface area contributed by atoms with E-state index in [1.165, 1.54) is 0 Å². The average Bonchev–Trinajstić information content (AvgIpc) is 2.29. The number of halogens is 2. The number of hydrogen-bond acceptors (Lipinski definition) is 2. The maximum absolute atomic E-state index is 9.92. The van der Waals surface area contributed by atoms with Gasteiger partial charge >= 0.3 is 0 Å². The van der Waals surface area contributed by atoms with Gasteiger partial charge in [0, 0.05) is 16.1 Å². The van der Waals surface area contributed by atoms with Crippen molar-refractivity contribution in [1.29, 1.82) is 0 Å². The van der Waals surface area contributed by atoms with Gasteiger partial charge in [-0.25, -0.2) is 0 Å². The van der Waals surface area contributed by atoms with Gasteiger partial charge in [0.05, 0.1) is 0 Å². The Morgan fingerprint density at radius 2 is 1.56 bits per heavy atom. The molecule has 0 bridgehead atoms. The molecule has 2 aromatic carbocycles. The van der Waals surface area contributed by atoms with Crippen LogP contribution in [-0.4, -0.2) is 5.11 Å². The Morgan fingerprint density at radius 1 is 0.889 bits per heavy atom. The predicted octanol–water partition coefficient (Wildman–Crippen LogP) is 5.11. The summed E-state index contributed by atoms with van der Waals surface area (Å²) in [5.41, 5.74) is 1.56. The van der Waals surface area contributed by atoms with Crippen LogP contribution in [0.1, 0.15) is 11.1 Å². The van der Waals surface area contributed by atoms with Crippen molar-refractivity contribution in [1.82, 2.24) is 0 Å². The Hall–Kier alpha value is -1.38. The number of aromatic hydroxyl groups is 1. The van der Waals surface area contributed by atoms with Crippen molar-refractivity contribution in [3.8, 4) is 17.2 Å². The minimum absolute atomic E-state index is 0.0914. The van der Waals surface area contributed by atoms with Gasteiger partial charge in [0.2, 0.25) is 0 Å². The second-order valence-corrected chi connectivity index (χ2v) is 4.95. The third-order valence-corrected chi connectivity index (χ3v) is 3.04. The van der Waals surface area contributed by atoms with Crippen LogP contribution >= 0.6 is 23.2 Å². The SMILES string of the molecule is Cc1cc(Cl)ccc1Oc1cc(Cl)cc(C)c1O. The fourth-order valence-electron chi connectivity index (χ4n) is 1.63. The predicted molar refractivity (Wildman–Crippen MR) is 74.1 cm³/mol. The molecule has 0 radical (unpaired) electrons. The van der Waals surface area contributed by atoms with Crippen LogP contribution in [0.3, 0.4) is 0 Å². The van der Waals surface area contributed by atoms with Crippen molar-refractivity contribution < 1.29 is 9.84 Å². The highest BCUT2D eigenvalue weighted by Gasteiger charge is 2.10. The van der Waals surface area contributed by atoms with E-state index in [9.17, 15) is 5.11 Å². The first kappa shape index (κ1) is 13.1. The third-order valence-electron chi connectivity index (χ3n) is 2.59.